The first-order valence-electron chi connectivity index (χ1n) is 14.2. The molecule has 0 spiro atoms. The van der Waals surface area contributed by atoms with Crippen molar-refractivity contribution in [1.82, 2.24) is 14.8 Å². The third-order valence-electron chi connectivity index (χ3n) is 7.98. The van der Waals surface area contributed by atoms with Crippen LogP contribution in [-0.4, -0.2) is 86.8 Å². The summed E-state index contributed by atoms with van der Waals surface area (Å²) in [5.41, 5.74) is 0.388. The summed E-state index contributed by atoms with van der Waals surface area (Å²) >= 11 is 0. The van der Waals surface area contributed by atoms with Crippen molar-refractivity contribution in [1.29, 1.82) is 0 Å². The van der Waals surface area contributed by atoms with Crippen LogP contribution >= 0.6 is 0 Å². The van der Waals surface area contributed by atoms with Gasteiger partial charge in [0.05, 0.1) is 29.4 Å². The molecule has 3 heterocycles. The molecule has 0 radical (unpaired) electrons. The van der Waals surface area contributed by atoms with E-state index in [9.17, 15) is 44.8 Å². The molecule has 246 valence electrons. The first-order chi connectivity index (χ1) is 22.2. The number of halogens is 5. The summed E-state index contributed by atoms with van der Waals surface area (Å²) in [5, 5.41) is 0.748. The Bertz CT molecular complexity index is 2240. The summed E-state index contributed by atoms with van der Waals surface area (Å²) in [6.07, 6.45) is -4.14. The van der Waals surface area contributed by atoms with E-state index in [0.717, 1.165) is 16.6 Å². The smallest absolute Gasteiger partial charge is 0.455 e. The lowest BCUT2D eigenvalue weighted by Gasteiger charge is -2.35. The monoisotopic (exact) mass is 676 g/mol. The number of H-pyrrole nitrogens is 1. The number of piperazine rings is 1. The third kappa shape index (κ3) is 5.88. The number of aromatic amines is 1. The Labute approximate surface area is 263 Å². The Morgan fingerprint density at radius 3 is 2.34 bits per heavy atom. The van der Waals surface area contributed by atoms with E-state index in [1.165, 1.54) is 47.4 Å². The van der Waals surface area contributed by atoms with Gasteiger partial charge in [-0.3, -0.25) is 18.7 Å². The van der Waals surface area contributed by atoms with E-state index in [2.05, 4.69) is 4.98 Å². The van der Waals surface area contributed by atoms with Crippen LogP contribution in [0.4, 0.5) is 27.6 Å². The van der Waals surface area contributed by atoms with Crippen LogP contribution in [0.2, 0.25) is 0 Å². The molecule has 2 amide bonds. The number of carbonyl (C=O) groups is 2. The van der Waals surface area contributed by atoms with Crippen LogP contribution in [0.1, 0.15) is 10.4 Å². The van der Waals surface area contributed by atoms with Crippen molar-refractivity contribution in [2.24, 2.45) is 0 Å². The van der Waals surface area contributed by atoms with Gasteiger partial charge in [0, 0.05) is 54.1 Å². The molecule has 47 heavy (non-hydrogen) atoms. The quantitative estimate of drug-likeness (QED) is 0.258. The fraction of sp³-hybridized carbons (Fsp3) is 0.258. The normalized spacial score (nSPS) is 14.3. The van der Waals surface area contributed by atoms with Crippen molar-refractivity contribution in [2.75, 3.05) is 50.0 Å². The number of hydrogen-bond acceptors (Lipinski definition) is 6. The zero-order valence-corrected chi connectivity index (χ0v) is 25.3. The van der Waals surface area contributed by atoms with Gasteiger partial charge in [0.25, 0.3) is 11.5 Å². The highest BCUT2D eigenvalue weighted by Crippen LogP contribution is 2.40. The summed E-state index contributed by atoms with van der Waals surface area (Å²) in [5.74, 6) is -3.11. The molecular formula is C31H25F5N4O6S. The van der Waals surface area contributed by atoms with Crippen LogP contribution in [0.25, 0.3) is 44.0 Å². The lowest BCUT2D eigenvalue weighted by atomic mass is 9.98. The summed E-state index contributed by atoms with van der Waals surface area (Å²) < 4.78 is 98.8. The number of sulfonamides is 1. The van der Waals surface area contributed by atoms with Gasteiger partial charge in [-0.05, 0) is 42.0 Å². The number of anilines is 1. The topological polar surface area (TPSA) is 124 Å². The Balaban J connectivity index is 1.47. The van der Waals surface area contributed by atoms with Gasteiger partial charge >= 0.3 is 12.1 Å². The number of rotatable bonds is 6. The first kappa shape index (κ1) is 32.0. The van der Waals surface area contributed by atoms with Gasteiger partial charge in [0.1, 0.15) is 23.7 Å². The van der Waals surface area contributed by atoms with Crippen molar-refractivity contribution in [2.45, 2.75) is 6.18 Å². The number of furan rings is 1. The van der Waals surface area contributed by atoms with Crippen molar-refractivity contribution >= 4 is 60.4 Å². The molecule has 6 rings (SSSR count). The van der Waals surface area contributed by atoms with Gasteiger partial charge < -0.3 is 19.2 Å². The van der Waals surface area contributed by atoms with Gasteiger partial charge in [0.2, 0.25) is 10.0 Å². The number of fused-ring (bicyclic) bond motifs is 5. The van der Waals surface area contributed by atoms with Crippen molar-refractivity contribution in [3.05, 3.63) is 76.3 Å². The van der Waals surface area contributed by atoms with Gasteiger partial charge in [-0.25, -0.2) is 17.2 Å². The largest absolute Gasteiger partial charge is 0.471 e. The van der Waals surface area contributed by atoms with E-state index in [0.29, 0.717) is 15.8 Å². The molecule has 5 aromatic rings. The molecule has 3 aromatic carbocycles. The molecule has 0 unspecified atom stereocenters. The second-order valence-electron chi connectivity index (χ2n) is 11.0. The van der Waals surface area contributed by atoms with Crippen LogP contribution in [0.5, 0.6) is 0 Å². The number of hydrogen-bond donors (Lipinski definition) is 1. The summed E-state index contributed by atoms with van der Waals surface area (Å²) in [4.78, 5) is 42.8. The van der Waals surface area contributed by atoms with Gasteiger partial charge in [-0.1, -0.05) is 12.1 Å². The standard InChI is InChI=1S/C31H25F5N4O6S/c1-47(44,45)40(8-7-32)24-16-25-22(26-27(46-25)20-6-5-19(33)14-23(20)37-28(26)41)15-21(24)17-3-2-4-18(13-17)29(42)38-9-11-39(12-10-38)30(43)31(34,35)36/h2-6,13-16H,7-12H2,1H3,(H,37,41). The maximum Gasteiger partial charge on any atom is 0.471 e. The molecule has 16 heteroatoms. The van der Waals surface area contributed by atoms with Crippen LogP contribution in [0.15, 0.2) is 63.8 Å². The number of nitrogens with one attached hydrogen (secondary N) is 1. The molecule has 0 saturated carbocycles. The zero-order chi connectivity index (χ0) is 33.8. The predicted octanol–water partition coefficient (Wildman–Crippen LogP) is 4.82. The summed E-state index contributed by atoms with van der Waals surface area (Å²) in [6.45, 7) is -2.53. The van der Waals surface area contributed by atoms with E-state index in [4.69, 9.17) is 4.42 Å². The van der Waals surface area contributed by atoms with Crippen LogP contribution in [-0.2, 0) is 14.8 Å². The molecular weight excluding hydrogens is 651 g/mol. The Morgan fingerprint density at radius 1 is 0.979 bits per heavy atom. The number of carbonyl (C=O) groups excluding carboxylic acids is 2. The molecule has 10 nitrogen and oxygen atoms in total. The minimum Gasteiger partial charge on any atom is -0.455 e. The highest BCUT2D eigenvalue weighted by molar-refractivity contribution is 7.92. The predicted molar refractivity (Wildman–Crippen MR) is 164 cm³/mol. The number of pyridine rings is 1. The lowest BCUT2D eigenvalue weighted by Crippen LogP contribution is -2.53. The minimum absolute atomic E-state index is 0.00707. The zero-order valence-electron chi connectivity index (χ0n) is 24.5. The molecule has 1 fully saturated rings. The highest BCUT2D eigenvalue weighted by atomic mass is 32.2. The Hall–Kier alpha value is -4.99. The Morgan fingerprint density at radius 2 is 1.68 bits per heavy atom. The molecule has 2 aromatic heterocycles. The summed E-state index contributed by atoms with van der Waals surface area (Å²) in [6, 6.07) is 12.6. The van der Waals surface area contributed by atoms with E-state index >= 15 is 0 Å². The number of benzene rings is 3. The van der Waals surface area contributed by atoms with Crippen LogP contribution in [0, 0.1) is 5.82 Å². The second-order valence-corrected chi connectivity index (χ2v) is 12.9. The van der Waals surface area contributed by atoms with E-state index in [1.54, 1.807) is 6.07 Å². The fourth-order valence-corrected chi connectivity index (χ4v) is 6.73. The Kier molecular flexibility index (Phi) is 7.94. The molecule has 0 atom stereocenters. The number of alkyl halides is 4. The van der Waals surface area contributed by atoms with E-state index in [1.807, 2.05) is 0 Å². The SMILES string of the molecule is CS(=O)(=O)N(CCF)c1cc2oc3c4ccc(F)cc4[nH]c(=O)c3c2cc1-c1cccc(C(=O)N2CCN(C(=O)C(F)(F)F)CC2)c1. The molecule has 0 aliphatic carbocycles. The maximum atomic E-state index is 13.9. The number of nitrogens with zero attached hydrogens (tertiary/aromatic N) is 3. The lowest BCUT2D eigenvalue weighted by molar-refractivity contribution is -0.186. The van der Waals surface area contributed by atoms with Crippen molar-refractivity contribution < 1.29 is 44.4 Å². The van der Waals surface area contributed by atoms with Crippen LogP contribution in [0.3, 0.4) is 0 Å². The minimum atomic E-state index is -5.03. The van der Waals surface area contributed by atoms with Crippen molar-refractivity contribution in [3.63, 3.8) is 0 Å². The molecule has 1 aliphatic rings. The molecule has 0 bridgehead atoms. The van der Waals surface area contributed by atoms with Crippen molar-refractivity contribution in [3.8, 4) is 11.1 Å². The number of amides is 2. The maximum absolute atomic E-state index is 13.9. The van der Waals surface area contributed by atoms with E-state index < -0.39 is 52.6 Å². The molecule has 1 N–H and O–H groups in total. The average molecular weight is 677 g/mol. The number of aromatic nitrogens is 1. The molecule has 1 saturated heterocycles. The summed E-state index contributed by atoms with van der Waals surface area (Å²) in [7, 11) is -4.07. The highest BCUT2D eigenvalue weighted by Gasteiger charge is 2.43. The second kappa shape index (κ2) is 11.7. The van der Waals surface area contributed by atoms with Gasteiger partial charge in [0.15, 0.2) is 0 Å². The van der Waals surface area contributed by atoms with Gasteiger partial charge in [-0.2, -0.15) is 13.2 Å². The van der Waals surface area contributed by atoms with E-state index in [-0.39, 0.29) is 70.4 Å². The first-order valence-corrected chi connectivity index (χ1v) is 16.0. The van der Waals surface area contributed by atoms with Crippen LogP contribution < -0.4 is 9.86 Å². The third-order valence-corrected chi connectivity index (χ3v) is 9.16. The van der Waals surface area contributed by atoms with Gasteiger partial charge in [-0.15, -0.1) is 0 Å². The fourth-order valence-electron chi connectivity index (χ4n) is 5.82. The average Bonchev–Trinajstić information content (AvgIpc) is 3.40. The molecule has 1 aliphatic heterocycles.